The average molecular weight is 331 g/mol. The Kier molecular flexibility index (Phi) is 4.07. The largest absolute Gasteiger partial charge is 0.491 e. The summed E-state index contributed by atoms with van der Waals surface area (Å²) in [6.07, 6.45) is 0.138. The first-order chi connectivity index (χ1) is 11.5. The molecule has 1 atom stereocenters. The van der Waals surface area contributed by atoms with Gasteiger partial charge in [-0.05, 0) is 18.6 Å². The van der Waals surface area contributed by atoms with E-state index in [1.807, 2.05) is 0 Å². The van der Waals surface area contributed by atoms with Crippen molar-refractivity contribution in [3.05, 3.63) is 34.2 Å². The van der Waals surface area contributed by atoms with Gasteiger partial charge in [-0.3, -0.25) is 29.4 Å². The molecule has 0 spiro atoms. The third-order valence-corrected chi connectivity index (χ3v) is 3.87. The van der Waals surface area contributed by atoms with Crippen LogP contribution < -0.4 is 10.1 Å². The minimum atomic E-state index is -1.03. The van der Waals surface area contributed by atoms with Crippen LogP contribution in [0.25, 0.3) is 0 Å². The van der Waals surface area contributed by atoms with Crippen molar-refractivity contribution in [2.24, 2.45) is 5.18 Å². The summed E-state index contributed by atoms with van der Waals surface area (Å²) in [6.45, 7) is -0.123. The number of ether oxygens (including phenoxy) is 1. The SMILES string of the molecule is O=NCCOc1cccc2c1C(=O)N(C1CCC(=O)NC1=O)C2=O. The second-order valence-corrected chi connectivity index (χ2v) is 5.33. The molecule has 1 saturated heterocycles. The summed E-state index contributed by atoms with van der Waals surface area (Å²) in [4.78, 5) is 59.4. The molecule has 1 aromatic rings. The molecular weight excluding hydrogens is 318 g/mol. The molecule has 0 saturated carbocycles. The zero-order chi connectivity index (χ0) is 17.3. The van der Waals surface area contributed by atoms with Gasteiger partial charge in [0.25, 0.3) is 11.8 Å². The van der Waals surface area contributed by atoms with Gasteiger partial charge in [-0.2, -0.15) is 4.91 Å². The smallest absolute Gasteiger partial charge is 0.266 e. The van der Waals surface area contributed by atoms with Crippen molar-refractivity contribution >= 4 is 23.6 Å². The van der Waals surface area contributed by atoms with Gasteiger partial charge in [-0.25, -0.2) is 0 Å². The van der Waals surface area contributed by atoms with Gasteiger partial charge < -0.3 is 4.74 Å². The molecule has 1 aromatic carbocycles. The summed E-state index contributed by atoms with van der Waals surface area (Å²) in [5.74, 6) is -2.21. The summed E-state index contributed by atoms with van der Waals surface area (Å²) in [5.41, 5.74) is 0.180. The number of nitrogens with one attached hydrogen (secondary N) is 1. The number of carbonyl (C=O) groups excluding carboxylic acids is 4. The highest BCUT2D eigenvalue weighted by atomic mass is 16.5. The highest BCUT2D eigenvalue weighted by molar-refractivity contribution is 6.24. The van der Waals surface area contributed by atoms with Crippen molar-refractivity contribution in [3.8, 4) is 5.75 Å². The Labute approximate surface area is 135 Å². The molecule has 0 aromatic heterocycles. The van der Waals surface area contributed by atoms with Crippen molar-refractivity contribution in [1.82, 2.24) is 10.2 Å². The second kappa shape index (κ2) is 6.19. The number of piperidine rings is 1. The molecule has 4 amide bonds. The van der Waals surface area contributed by atoms with Gasteiger partial charge in [0.05, 0.1) is 11.1 Å². The Bertz CT molecular complexity index is 760. The van der Waals surface area contributed by atoms with Crippen molar-refractivity contribution in [2.45, 2.75) is 18.9 Å². The Hall–Kier alpha value is -3.10. The maximum Gasteiger partial charge on any atom is 0.266 e. The predicted molar refractivity (Wildman–Crippen MR) is 79.3 cm³/mol. The molecule has 1 fully saturated rings. The molecule has 9 heteroatoms. The second-order valence-electron chi connectivity index (χ2n) is 5.33. The van der Waals surface area contributed by atoms with Gasteiger partial charge in [0.15, 0.2) is 0 Å². The van der Waals surface area contributed by atoms with Crippen LogP contribution in [0.3, 0.4) is 0 Å². The summed E-state index contributed by atoms with van der Waals surface area (Å²) in [6, 6.07) is 3.48. The van der Waals surface area contributed by atoms with Gasteiger partial charge in [0, 0.05) is 6.42 Å². The van der Waals surface area contributed by atoms with Gasteiger partial charge >= 0.3 is 0 Å². The standard InChI is InChI=1S/C15H13N3O6/c19-11-5-4-9(13(20)17-11)18-14(21)8-2-1-3-10(12(8)15(18)22)24-7-6-16-23/h1-3,9H,4-7H2,(H,17,19,20). The van der Waals surface area contributed by atoms with E-state index < -0.39 is 29.7 Å². The quantitative estimate of drug-likeness (QED) is 0.468. The number of benzene rings is 1. The molecule has 2 heterocycles. The number of carbonyl (C=O) groups is 4. The van der Waals surface area contributed by atoms with E-state index in [1.54, 1.807) is 6.07 Å². The molecule has 0 radical (unpaired) electrons. The van der Waals surface area contributed by atoms with Crippen LogP contribution in [0.4, 0.5) is 0 Å². The van der Waals surface area contributed by atoms with Crippen molar-refractivity contribution < 1.29 is 23.9 Å². The van der Waals surface area contributed by atoms with Gasteiger partial charge in [-0.15, -0.1) is 0 Å². The van der Waals surface area contributed by atoms with Crippen LogP contribution in [0.2, 0.25) is 0 Å². The maximum absolute atomic E-state index is 12.7. The fourth-order valence-corrected chi connectivity index (χ4v) is 2.80. The summed E-state index contributed by atoms with van der Waals surface area (Å²) in [5, 5.41) is 4.79. The average Bonchev–Trinajstić information content (AvgIpc) is 2.81. The Morgan fingerprint density at radius 1 is 1.21 bits per heavy atom. The fraction of sp³-hybridized carbons (Fsp3) is 0.333. The Balaban J connectivity index is 1.91. The van der Waals surface area contributed by atoms with Crippen molar-refractivity contribution in [1.29, 1.82) is 0 Å². The number of hydrogen-bond acceptors (Lipinski definition) is 7. The minimum Gasteiger partial charge on any atom is -0.491 e. The van der Waals surface area contributed by atoms with Gasteiger partial charge in [0.2, 0.25) is 11.8 Å². The number of amides is 4. The lowest BCUT2D eigenvalue weighted by Crippen LogP contribution is -2.54. The zero-order valence-electron chi connectivity index (χ0n) is 12.5. The number of hydrogen-bond donors (Lipinski definition) is 1. The molecule has 9 nitrogen and oxygen atoms in total. The van der Waals surface area contributed by atoms with Crippen LogP contribution in [0.1, 0.15) is 33.6 Å². The third kappa shape index (κ3) is 2.53. The first kappa shape index (κ1) is 15.8. The number of nitrogens with zero attached hydrogens (tertiary/aromatic N) is 2. The predicted octanol–water partition coefficient (Wildman–Crippen LogP) is 0.233. The topological polar surface area (TPSA) is 122 Å². The van der Waals surface area contributed by atoms with Gasteiger partial charge in [0.1, 0.15) is 24.9 Å². The molecule has 0 aliphatic carbocycles. The van der Waals surface area contributed by atoms with E-state index in [-0.39, 0.29) is 42.9 Å². The van der Waals surface area contributed by atoms with Crippen molar-refractivity contribution in [2.75, 3.05) is 13.2 Å². The van der Waals surface area contributed by atoms with Crippen LogP contribution in [-0.4, -0.2) is 47.7 Å². The number of nitroso groups, excluding NO2 is 1. The van der Waals surface area contributed by atoms with E-state index >= 15 is 0 Å². The number of rotatable bonds is 5. The lowest BCUT2D eigenvalue weighted by Gasteiger charge is -2.27. The van der Waals surface area contributed by atoms with E-state index in [9.17, 15) is 24.1 Å². The first-order valence-electron chi connectivity index (χ1n) is 7.31. The number of imide groups is 2. The lowest BCUT2D eigenvalue weighted by atomic mass is 10.0. The molecule has 1 N–H and O–H groups in total. The van der Waals surface area contributed by atoms with Crippen molar-refractivity contribution in [3.63, 3.8) is 0 Å². The maximum atomic E-state index is 12.7. The van der Waals surface area contributed by atoms with E-state index in [0.717, 1.165) is 4.90 Å². The summed E-state index contributed by atoms with van der Waals surface area (Å²) < 4.78 is 5.34. The van der Waals surface area contributed by atoms with E-state index in [0.29, 0.717) is 0 Å². The molecule has 2 aliphatic heterocycles. The zero-order valence-corrected chi connectivity index (χ0v) is 12.5. The Morgan fingerprint density at radius 2 is 2.00 bits per heavy atom. The van der Waals surface area contributed by atoms with Crippen LogP contribution in [0, 0.1) is 4.91 Å². The molecule has 0 bridgehead atoms. The first-order valence-corrected chi connectivity index (χ1v) is 7.31. The summed E-state index contributed by atoms with van der Waals surface area (Å²) >= 11 is 0. The van der Waals surface area contributed by atoms with Crippen LogP contribution >= 0.6 is 0 Å². The highest BCUT2D eigenvalue weighted by Gasteiger charge is 2.45. The third-order valence-electron chi connectivity index (χ3n) is 3.87. The van der Waals surface area contributed by atoms with Crippen LogP contribution in [0.15, 0.2) is 23.4 Å². The van der Waals surface area contributed by atoms with Crippen LogP contribution in [-0.2, 0) is 9.59 Å². The molecule has 2 aliphatic rings. The van der Waals surface area contributed by atoms with Crippen LogP contribution in [0.5, 0.6) is 5.75 Å². The number of fused-ring (bicyclic) bond motifs is 1. The summed E-state index contributed by atoms with van der Waals surface area (Å²) in [7, 11) is 0. The van der Waals surface area contributed by atoms with E-state index in [4.69, 9.17) is 4.74 Å². The Morgan fingerprint density at radius 3 is 2.71 bits per heavy atom. The van der Waals surface area contributed by atoms with E-state index in [1.165, 1.54) is 12.1 Å². The molecule has 3 rings (SSSR count). The minimum absolute atomic E-state index is 0.0279. The molecule has 24 heavy (non-hydrogen) atoms. The molecular formula is C15H13N3O6. The van der Waals surface area contributed by atoms with Gasteiger partial charge in [-0.1, -0.05) is 11.2 Å². The highest BCUT2D eigenvalue weighted by Crippen LogP contribution is 2.33. The fourth-order valence-electron chi connectivity index (χ4n) is 2.80. The van der Waals surface area contributed by atoms with E-state index in [2.05, 4.69) is 10.5 Å². The molecule has 1 unspecified atom stereocenters. The molecule has 124 valence electrons. The lowest BCUT2D eigenvalue weighted by molar-refractivity contribution is -0.136. The monoisotopic (exact) mass is 331 g/mol. The normalized spacial score (nSPS) is 20.0.